The highest BCUT2D eigenvalue weighted by atomic mass is 127. The van der Waals surface area contributed by atoms with E-state index in [9.17, 15) is 0 Å². The first kappa shape index (κ1) is 25.2. The Morgan fingerprint density at radius 2 is 1.96 bits per heavy atom. The van der Waals surface area contributed by atoms with Crippen LogP contribution in [0.4, 0.5) is 0 Å². The molecule has 0 heterocycles. The first-order valence-corrected chi connectivity index (χ1v) is 9.01. The van der Waals surface area contributed by atoms with E-state index >= 15 is 0 Å². The molecule has 1 unspecified atom stereocenters. The molecular weight excluding hydrogens is 469 g/mol. The molecule has 6 nitrogen and oxygen atoms in total. The minimum atomic E-state index is 0. The normalized spacial score (nSPS) is 12.2. The maximum Gasteiger partial charge on any atom is 0.191 e. The molecule has 0 spiro atoms. The average Bonchev–Trinajstić information content (AvgIpc) is 2.63. The molecule has 150 valence electrons. The van der Waals surface area contributed by atoms with Crippen LogP contribution in [0.1, 0.15) is 19.8 Å². The van der Waals surface area contributed by atoms with Gasteiger partial charge < -0.3 is 24.8 Å². The Labute approximate surface area is 179 Å². The highest BCUT2D eigenvalue weighted by molar-refractivity contribution is 14.0. The van der Waals surface area contributed by atoms with Crippen LogP contribution in [0.3, 0.4) is 0 Å². The number of ether oxygens (including phenoxy) is 3. The minimum Gasteiger partial charge on any atom is -0.487 e. The predicted octanol–water partition coefficient (Wildman–Crippen LogP) is 3.33. The van der Waals surface area contributed by atoms with Crippen molar-refractivity contribution in [3.63, 3.8) is 0 Å². The number of benzene rings is 1. The second-order valence-electron chi connectivity index (χ2n) is 5.42. The van der Waals surface area contributed by atoms with Crippen molar-refractivity contribution in [1.29, 1.82) is 0 Å². The molecule has 0 saturated carbocycles. The Morgan fingerprint density at radius 1 is 1.19 bits per heavy atom. The lowest BCUT2D eigenvalue weighted by molar-refractivity contribution is 0.0698. The summed E-state index contributed by atoms with van der Waals surface area (Å²) in [5, 5.41) is 7.16. The van der Waals surface area contributed by atoms with Crippen molar-refractivity contribution < 1.29 is 14.2 Å². The van der Waals surface area contributed by atoms with Crippen molar-refractivity contribution in [2.45, 2.75) is 25.9 Å². The fraction of sp³-hybridized carbons (Fsp3) is 0.611. The molecule has 1 rings (SSSR count). The maximum atomic E-state index is 6.14. The Kier molecular flexibility index (Phi) is 15.9. The number of methoxy groups -OCH3 is 1. The first-order valence-electron chi connectivity index (χ1n) is 8.63. The van der Waals surface area contributed by atoms with Gasteiger partial charge in [0, 0.05) is 27.3 Å². The second kappa shape index (κ2) is 16.4. The summed E-state index contributed by atoms with van der Waals surface area (Å²) in [6, 6.07) is 7.50. The molecule has 26 heavy (non-hydrogen) atoms. The quantitative estimate of drug-likeness (QED) is 0.200. The lowest BCUT2D eigenvalue weighted by atomic mass is 10.2. The van der Waals surface area contributed by atoms with Gasteiger partial charge in [0.15, 0.2) is 5.96 Å². The molecule has 8 heteroatoms. The summed E-state index contributed by atoms with van der Waals surface area (Å²) in [6.45, 7) is 5.46. The molecule has 1 aromatic rings. The molecule has 0 bridgehead atoms. The van der Waals surface area contributed by atoms with Crippen molar-refractivity contribution in [2.75, 3.05) is 47.1 Å². The summed E-state index contributed by atoms with van der Waals surface area (Å²) >= 11 is 6.14. The highest BCUT2D eigenvalue weighted by Gasteiger charge is 2.11. The van der Waals surface area contributed by atoms with Crippen LogP contribution in [0.25, 0.3) is 0 Å². The van der Waals surface area contributed by atoms with E-state index in [1.807, 2.05) is 24.3 Å². The summed E-state index contributed by atoms with van der Waals surface area (Å²) in [4.78, 5) is 4.22. The summed E-state index contributed by atoms with van der Waals surface area (Å²) in [6.07, 6.45) is 1.77. The van der Waals surface area contributed by atoms with Crippen LogP contribution in [0.5, 0.6) is 5.75 Å². The van der Waals surface area contributed by atoms with Crippen molar-refractivity contribution in [3.8, 4) is 5.75 Å². The topological polar surface area (TPSA) is 64.1 Å². The van der Waals surface area contributed by atoms with Crippen LogP contribution >= 0.6 is 35.6 Å². The monoisotopic (exact) mass is 499 g/mol. The number of hydrogen-bond donors (Lipinski definition) is 2. The van der Waals surface area contributed by atoms with Gasteiger partial charge in [-0.05, 0) is 25.0 Å². The number of guanidine groups is 1. The van der Waals surface area contributed by atoms with Gasteiger partial charge in [-0.25, -0.2) is 0 Å². The molecule has 0 aliphatic rings. The summed E-state index contributed by atoms with van der Waals surface area (Å²) in [5.41, 5.74) is 0. The number of hydrogen-bond acceptors (Lipinski definition) is 4. The van der Waals surface area contributed by atoms with E-state index in [0.29, 0.717) is 37.1 Å². The van der Waals surface area contributed by atoms with Gasteiger partial charge in [0.1, 0.15) is 11.9 Å². The van der Waals surface area contributed by atoms with E-state index in [1.54, 1.807) is 14.2 Å². The van der Waals surface area contributed by atoms with Gasteiger partial charge in [0.25, 0.3) is 0 Å². The molecule has 0 amide bonds. The molecule has 0 fully saturated rings. The molecule has 0 aromatic heterocycles. The zero-order valence-corrected chi connectivity index (χ0v) is 18.9. The zero-order chi connectivity index (χ0) is 18.3. The number of aliphatic imine (C=N–C) groups is 1. The molecule has 0 aliphatic heterocycles. The minimum absolute atomic E-state index is 0. The third-order valence-corrected chi connectivity index (χ3v) is 3.81. The van der Waals surface area contributed by atoms with Crippen LogP contribution in [0.15, 0.2) is 29.3 Å². The van der Waals surface area contributed by atoms with E-state index in [1.165, 1.54) is 0 Å². The second-order valence-corrected chi connectivity index (χ2v) is 5.82. The van der Waals surface area contributed by atoms with Crippen molar-refractivity contribution in [2.24, 2.45) is 4.99 Å². The molecule has 0 aliphatic carbocycles. The van der Waals surface area contributed by atoms with Crippen LogP contribution in [-0.4, -0.2) is 59.1 Å². The number of nitrogens with one attached hydrogen (secondary N) is 2. The third-order valence-electron chi connectivity index (χ3n) is 3.50. The molecular formula is C18H31ClIN3O3. The van der Waals surface area contributed by atoms with Gasteiger partial charge in [-0.3, -0.25) is 4.99 Å². The number of rotatable bonds is 12. The SMILES string of the molecule is CCC(CNC(=NC)NCCCOCCOC)Oc1ccccc1Cl.I. The number of halogens is 2. The summed E-state index contributed by atoms with van der Waals surface area (Å²) in [5.74, 6) is 1.45. The van der Waals surface area contributed by atoms with Gasteiger partial charge >= 0.3 is 0 Å². The van der Waals surface area contributed by atoms with Gasteiger partial charge in [-0.15, -0.1) is 24.0 Å². The van der Waals surface area contributed by atoms with Crippen LogP contribution in [0.2, 0.25) is 5.02 Å². The van der Waals surface area contributed by atoms with Gasteiger partial charge in [0.05, 0.1) is 24.8 Å². The first-order chi connectivity index (χ1) is 12.2. The smallest absolute Gasteiger partial charge is 0.191 e. The number of para-hydroxylation sites is 1. The van der Waals surface area contributed by atoms with Gasteiger partial charge in [-0.1, -0.05) is 30.7 Å². The fourth-order valence-electron chi connectivity index (χ4n) is 2.05. The summed E-state index contributed by atoms with van der Waals surface area (Å²) < 4.78 is 16.3. The fourth-order valence-corrected chi connectivity index (χ4v) is 2.23. The Hall–Kier alpha value is -0.770. The largest absolute Gasteiger partial charge is 0.487 e. The lowest BCUT2D eigenvalue weighted by Crippen LogP contribution is -2.42. The number of nitrogens with zero attached hydrogens (tertiary/aromatic N) is 1. The van der Waals surface area contributed by atoms with Crippen molar-refractivity contribution >= 4 is 41.5 Å². The predicted molar refractivity (Wildman–Crippen MR) is 118 cm³/mol. The van der Waals surface area contributed by atoms with Gasteiger partial charge in [0.2, 0.25) is 0 Å². The molecule has 1 atom stereocenters. The van der Waals surface area contributed by atoms with E-state index in [0.717, 1.165) is 25.3 Å². The lowest BCUT2D eigenvalue weighted by Gasteiger charge is -2.20. The molecule has 1 aromatic carbocycles. The maximum absolute atomic E-state index is 6.14. The summed E-state index contributed by atoms with van der Waals surface area (Å²) in [7, 11) is 3.42. The van der Waals surface area contributed by atoms with E-state index in [-0.39, 0.29) is 30.1 Å². The Bertz CT molecular complexity index is 506. The van der Waals surface area contributed by atoms with E-state index < -0.39 is 0 Å². The van der Waals surface area contributed by atoms with Crippen LogP contribution < -0.4 is 15.4 Å². The van der Waals surface area contributed by atoms with Crippen molar-refractivity contribution in [1.82, 2.24) is 10.6 Å². The van der Waals surface area contributed by atoms with E-state index in [4.69, 9.17) is 25.8 Å². The molecule has 0 saturated heterocycles. The highest BCUT2D eigenvalue weighted by Crippen LogP contribution is 2.24. The average molecular weight is 500 g/mol. The molecule has 2 N–H and O–H groups in total. The Morgan fingerprint density at radius 3 is 2.62 bits per heavy atom. The van der Waals surface area contributed by atoms with Crippen LogP contribution in [0, 0.1) is 0 Å². The molecule has 0 radical (unpaired) electrons. The van der Waals surface area contributed by atoms with Gasteiger partial charge in [-0.2, -0.15) is 0 Å². The zero-order valence-electron chi connectivity index (χ0n) is 15.8. The van der Waals surface area contributed by atoms with E-state index in [2.05, 4.69) is 22.5 Å². The Balaban J connectivity index is 0.00000625. The third kappa shape index (κ3) is 11.1. The van der Waals surface area contributed by atoms with Crippen molar-refractivity contribution in [3.05, 3.63) is 29.3 Å². The van der Waals surface area contributed by atoms with Crippen LogP contribution in [-0.2, 0) is 9.47 Å². The standard InChI is InChI=1S/C18H30ClN3O3.HI/c1-4-15(25-17-9-6-5-8-16(17)19)14-22-18(20-2)21-10-7-11-24-13-12-23-3;/h5-6,8-9,15H,4,7,10-14H2,1-3H3,(H2,20,21,22);1H.